The molecule has 0 heterocycles. The van der Waals surface area contributed by atoms with Crippen molar-refractivity contribution in [2.75, 3.05) is 0 Å². The Balaban J connectivity index is 3.44. The van der Waals surface area contributed by atoms with Crippen molar-refractivity contribution in [2.24, 2.45) is 0 Å². The fourth-order valence-electron chi connectivity index (χ4n) is 0.963. The Morgan fingerprint density at radius 1 is 1.64 bits per heavy atom. The Labute approximate surface area is 87.2 Å². The molecular weight excluding hydrogens is 255 g/mol. The molecule has 0 aliphatic rings. The molecule has 0 saturated carbocycles. The molecule has 14 heavy (non-hydrogen) atoms. The Morgan fingerprint density at radius 2 is 2.29 bits per heavy atom. The van der Waals surface area contributed by atoms with E-state index in [2.05, 4.69) is 15.9 Å². The van der Waals surface area contributed by atoms with Gasteiger partial charge in [-0.3, -0.25) is 10.1 Å². The van der Waals surface area contributed by atoms with E-state index in [0.29, 0.717) is 0 Å². The van der Waals surface area contributed by atoms with Crippen LogP contribution < -0.4 is 0 Å². The maximum atomic E-state index is 13.3. The number of nitro groups is 1. The maximum absolute atomic E-state index is 13.3. The van der Waals surface area contributed by atoms with E-state index < -0.39 is 16.4 Å². The van der Waals surface area contributed by atoms with Crippen LogP contribution in [0, 0.1) is 27.3 Å². The lowest BCUT2D eigenvalue weighted by atomic mass is 10.1. The highest BCUT2D eigenvalue weighted by atomic mass is 79.9. The molecule has 0 fully saturated rings. The van der Waals surface area contributed by atoms with E-state index in [4.69, 9.17) is 5.26 Å². The van der Waals surface area contributed by atoms with E-state index in [1.54, 1.807) is 6.07 Å². The second-order valence-electron chi connectivity index (χ2n) is 2.47. The number of nitrogens with zero attached hydrogens (tertiary/aromatic N) is 2. The van der Waals surface area contributed by atoms with Gasteiger partial charge in [-0.1, -0.05) is 15.9 Å². The van der Waals surface area contributed by atoms with Crippen LogP contribution in [0.2, 0.25) is 0 Å². The van der Waals surface area contributed by atoms with E-state index in [9.17, 15) is 14.5 Å². The summed E-state index contributed by atoms with van der Waals surface area (Å²) in [6.45, 7) is 0. The number of benzene rings is 1. The van der Waals surface area contributed by atoms with Crippen molar-refractivity contribution >= 4 is 21.6 Å². The zero-order valence-electron chi connectivity index (χ0n) is 6.83. The fraction of sp³-hybridized carbons (Fsp3) is 0.125. The highest BCUT2D eigenvalue weighted by molar-refractivity contribution is 9.08. The molecule has 0 unspecified atom stereocenters. The first-order valence-corrected chi connectivity index (χ1v) is 4.65. The minimum atomic E-state index is -0.897. The summed E-state index contributed by atoms with van der Waals surface area (Å²) in [5, 5.41) is 19.1. The second-order valence-corrected chi connectivity index (χ2v) is 3.03. The smallest absolute Gasteiger partial charge is 0.258 e. The SMILES string of the molecule is N#Cc1cc(CBr)c(F)c([N+](=O)[O-])c1. The van der Waals surface area contributed by atoms with E-state index in [1.165, 1.54) is 6.07 Å². The molecule has 1 rings (SSSR count). The predicted molar refractivity (Wildman–Crippen MR) is 50.4 cm³/mol. The van der Waals surface area contributed by atoms with Crippen LogP contribution in [-0.4, -0.2) is 4.92 Å². The van der Waals surface area contributed by atoms with Crippen LogP contribution in [0.4, 0.5) is 10.1 Å². The lowest BCUT2D eigenvalue weighted by Gasteiger charge is -2.00. The van der Waals surface area contributed by atoms with Crippen molar-refractivity contribution < 1.29 is 9.31 Å². The second kappa shape index (κ2) is 4.15. The molecule has 1 aromatic carbocycles. The summed E-state index contributed by atoms with van der Waals surface area (Å²) in [4.78, 5) is 9.55. The van der Waals surface area contributed by atoms with Gasteiger partial charge in [-0.2, -0.15) is 9.65 Å². The zero-order chi connectivity index (χ0) is 10.7. The highest BCUT2D eigenvalue weighted by Crippen LogP contribution is 2.24. The summed E-state index contributed by atoms with van der Waals surface area (Å²) in [6.07, 6.45) is 0. The number of nitro benzene ring substituents is 1. The Bertz CT molecular complexity index is 428. The molecule has 0 aliphatic carbocycles. The van der Waals surface area contributed by atoms with Gasteiger partial charge in [0, 0.05) is 17.0 Å². The van der Waals surface area contributed by atoms with Crippen LogP contribution in [0.15, 0.2) is 12.1 Å². The zero-order valence-corrected chi connectivity index (χ0v) is 8.41. The summed E-state index contributed by atoms with van der Waals surface area (Å²) in [5.41, 5.74) is -0.484. The van der Waals surface area contributed by atoms with Crippen LogP contribution in [0.3, 0.4) is 0 Å². The van der Waals surface area contributed by atoms with Gasteiger partial charge in [-0.25, -0.2) is 0 Å². The van der Waals surface area contributed by atoms with Crippen LogP contribution in [0.5, 0.6) is 0 Å². The minimum absolute atomic E-state index is 0.0764. The van der Waals surface area contributed by atoms with Crippen molar-refractivity contribution in [3.8, 4) is 6.07 Å². The van der Waals surface area contributed by atoms with Gasteiger partial charge in [0.1, 0.15) is 0 Å². The Morgan fingerprint density at radius 3 is 2.71 bits per heavy atom. The molecule has 72 valence electrons. The van der Waals surface area contributed by atoms with Gasteiger partial charge >= 0.3 is 5.69 Å². The van der Waals surface area contributed by atoms with Crippen LogP contribution in [0.1, 0.15) is 11.1 Å². The van der Waals surface area contributed by atoms with Crippen molar-refractivity contribution in [3.05, 3.63) is 39.2 Å². The molecule has 0 bridgehead atoms. The third kappa shape index (κ3) is 1.88. The number of nitriles is 1. The lowest BCUT2D eigenvalue weighted by molar-refractivity contribution is -0.387. The topological polar surface area (TPSA) is 66.9 Å². The first kappa shape index (κ1) is 10.6. The number of rotatable bonds is 2. The third-order valence-electron chi connectivity index (χ3n) is 1.60. The van der Waals surface area contributed by atoms with Gasteiger partial charge in [0.05, 0.1) is 16.6 Å². The van der Waals surface area contributed by atoms with Gasteiger partial charge in [0.2, 0.25) is 5.82 Å². The molecule has 0 N–H and O–H groups in total. The van der Waals surface area contributed by atoms with Gasteiger partial charge in [-0.05, 0) is 6.07 Å². The third-order valence-corrected chi connectivity index (χ3v) is 2.20. The van der Waals surface area contributed by atoms with E-state index in [-0.39, 0.29) is 16.5 Å². The van der Waals surface area contributed by atoms with Gasteiger partial charge in [0.15, 0.2) is 0 Å². The molecule has 0 radical (unpaired) electrons. The summed E-state index contributed by atoms with van der Waals surface area (Å²) in [6, 6.07) is 3.93. The van der Waals surface area contributed by atoms with E-state index in [1.807, 2.05) is 0 Å². The lowest BCUT2D eigenvalue weighted by Crippen LogP contribution is -1.97. The average Bonchev–Trinajstić information content (AvgIpc) is 2.17. The summed E-state index contributed by atoms with van der Waals surface area (Å²) < 4.78 is 13.3. The molecule has 4 nitrogen and oxygen atoms in total. The van der Waals surface area contributed by atoms with E-state index in [0.717, 1.165) is 6.07 Å². The number of hydrogen-bond acceptors (Lipinski definition) is 3. The molecule has 1 aromatic rings. The Hall–Kier alpha value is -1.48. The first-order valence-electron chi connectivity index (χ1n) is 3.53. The standard InChI is InChI=1S/C8H4BrFN2O2/c9-3-6-1-5(4-11)2-7(8(6)10)12(13)14/h1-2H,3H2. The van der Waals surface area contributed by atoms with Crippen molar-refractivity contribution in [3.63, 3.8) is 0 Å². The van der Waals surface area contributed by atoms with Crippen LogP contribution in [-0.2, 0) is 5.33 Å². The fourth-order valence-corrected chi connectivity index (χ4v) is 1.37. The van der Waals surface area contributed by atoms with Gasteiger partial charge in [0.25, 0.3) is 0 Å². The summed E-state index contributed by atoms with van der Waals surface area (Å²) in [5.74, 6) is -0.897. The number of alkyl halides is 1. The monoisotopic (exact) mass is 258 g/mol. The molecule has 0 aliphatic heterocycles. The molecular formula is C8H4BrFN2O2. The predicted octanol–water partition coefficient (Wildman–Crippen LogP) is 2.50. The summed E-state index contributed by atoms with van der Waals surface area (Å²) >= 11 is 2.98. The molecule has 0 aromatic heterocycles. The molecule has 6 heteroatoms. The highest BCUT2D eigenvalue weighted by Gasteiger charge is 2.18. The molecule has 0 saturated heterocycles. The normalized spacial score (nSPS) is 9.50. The average molecular weight is 259 g/mol. The largest absolute Gasteiger partial charge is 0.306 e. The molecule has 0 atom stereocenters. The van der Waals surface area contributed by atoms with Crippen LogP contribution >= 0.6 is 15.9 Å². The number of halogens is 2. The molecule has 0 amide bonds. The summed E-state index contributed by atoms with van der Waals surface area (Å²) in [7, 11) is 0. The number of hydrogen-bond donors (Lipinski definition) is 0. The van der Waals surface area contributed by atoms with Gasteiger partial charge in [-0.15, -0.1) is 0 Å². The van der Waals surface area contributed by atoms with E-state index >= 15 is 0 Å². The molecule has 0 spiro atoms. The minimum Gasteiger partial charge on any atom is -0.258 e. The van der Waals surface area contributed by atoms with Crippen LogP contribution in [0.25, 0.3) is 0 Å². The van der Waals surface area contributed by atoms with Crippen molar-refractivity contribution in [1.82, 2.24) is 0 Å². The maximum Gasteiger partial charge on any atom is 0.306 e. The van der Waals surface area contributed by atoms with Crippen molar-refractivity contribution in [2.45, 2.75) is 5.33 Å². The van der Waals surface area contributed by atoms with Gasteiger partial charge < -0.3 is 0 Å². The van der Waals surface area contributed by atoms with Crippen molar-refractivity contribution in [1.29, 1.82) is 5.26 Å². The first-order chi connectivity index (χ1) is 6.60. The quantitative estimate of drug-likeness (QED) is 0.465. The Kier molecular flexibility index (Phi) is 3.14.